The van der Waals surface area contributed by atoms with Crippen LogP contribution in [-0.2, 0) is 4.74 Å². The van der Waals surface area contributed by atoms with Crippen LogP contribution in [0.4, 0.5) is 0 Å². The first-order valence-electron chi connectivity index (χ1n) is 5.74. The van der Waals surface area contributed by atoms with Gasteiger partial charge in [-0.2, -0.15) is 0 Å². The highest BCUT2D eigenvalue weighted by Crippen LogP contribution is 2.10. The Bertz CT molecular complexity index is 109. The fraction of sp³-hybridized carbons (Fsp3) is 1.00. The van der Waals surface area contributed by atoms with Crippen molar-refractivity contribution < 1.29 is 4.74 Å². The minimum absolute atomic E-state index is 0.722. The molecule has 13 heavy (non-hydrogen) atoms. The van der Waals surface area contributed by atoms with Gasteiger partial charge in [0.2, 0.25) is 0 Å². The summed E-state index contributed by atoms with van der Waals surface area (Å²) in [7, 11) is 0. The van der Waals surface area contributed by atoms with Crippen LogP contribution in [0, 0.1) is 0 Å². The quantitative estimate of drug-likeness (QED) is 0.664. The second-order valence-corrected chi connectivity index (χ2v) is 3.90. The van der Waals surface area contributed by atoms with Crippen molar-refractivity contribution in [1.29, 1.82) is 0 Å². The second-order valence-electron chi connectivity index (χ2n) is 3.90. The Morgan fingerprint density at radius 2 is 2.15 bits per heavy atom. The van der Waals surface area contributed by atoms with Crippen LogP contribution in [0.15, 0.2) is 0 Å². The Balaban J connectivity index is 1.98. The topological polar surface area (TPSA) is 21.3 Å². The van der Waals surface area contributed by atoms with Crippen molar-refractivity contribution in [3.05, 3.63) is 0 Å². The summed E-state index contributed by atoms with van der Waals surface area (Å²) in [6.07, 6.45) is 7.82. The van der Waals surface area contributed by atoms with Crippen LogP contribution in [0.25, 0.3) is 0 Å². The second kappa shape index (κ2) is 7.34. The molecule has 0 aliphatic carbocycles. The number of ether oxygens (including phenoxy) is 1. The maximum atomic E-state index is 5.49. The fourth-order valence-corrected chi connectivity index (χ4v) is 1.82. The zero-order chi connectivity index (χ0) is 9.36. The van der Waals surface area contributed by atoms with Crippen molar-refractivity contribution in [2.24, 2.45) is 0 Å². The molecule has 1 unspecified atom stereocenters. The molecule has 1 atom stereocenters. The molecule has 0 bridgehead atoms. The molecule has 1 aliphatic heterocycles. The summed E-state index contributed by atoms with van der Waals surface area (Å²) in [6, 6.07) is 0.722. The molecule has 0 aromatic carbocycles. The number of nitrogens with one attached hydrogen (secondary N) is 1. The van der Waals surface area contributed by atoms with Crippen LogP contribution in [0.1, 0.15) is 45.4 Å². The van der Waals surface area contributed by atoms with E-state index in [0.717, 1.165) is 25.7 Å². The third kappa shape index (κ3) is 5.27. The van der Waals surface area contributed by atoms with Gasteiger partial charge in [0.05, 0.1) is 0 Å². The van der Waals surface area contributed by atoms with Crippen molar-refractivity contribution in [2.45, 2.75) is 51.5 Å². The molecular weight excluding hydrogens is 162 g/mol. The van der Waals surface area contributed by atoms with Crippen LogP contribution in [-0.4, -0.2) is 25.8 Å². The summed E-state index contributed by atoms with van der Waals surface area (Å²) in [5.74, 6) is 0. The van der Waals surface area contributed by atoms with Crippen molar-refractivity contribution in [3.63, 3.8) is 0 Å². The lowest BCUT2D eigenvalue weighted by molar-refractivity contribution is 0.124. The highest BCUT2D eigenvalue weighted by atomic mass is 16.5. The Labute approximate surface area is 82.0 Å². The number of rotatable bonds is 5. The summed E-state index contributed by atoms with van der Waals surface area (Å²) >= 11 is 0. The van der Waals surface area contributed by atoms with E-state index in [1.807, 2.05) is 0 Å². The highest BCUT2D eigenvalue weighted by molar-refractivity contribution is 4.70. The Morgan fingerprint density at radius 3 is 3.00 bits per heavy atom. The minimum atomic E-state index is 0.722. The zero-order valence-electron chi connectivity index (χ0n) is 8.85. The fourth-order valence-electron chi connectivity index (χ4n) is 1.82. The van der Waals surface area contributed by atoms with Crippen LogP contribution >= 0.6 is 0 Å². The molecular formula is C11H23NO. The SMILES string of the molecule is CCCOCCC1CCCCCN1. The summed E-state index contributed by atoms with van der Waals surface area (Å²) in [5.41, 5.74) is 0. The average Bonchev–Trinajstić information content (AvgIpc) is 2.41. The van der Waals surface area contributed by atoms with Crippen molar-refractivity contribution >= 4 is 0 Å². The van der Waals surface area contributed by atoms with E-state index in [9.17, 15) is 0 Å². The van der Waals surface area contributed by atoms with E-state index in [1.165, 1.54) is 38.6 Å². The van der Waals surface area contributed by atoms with Crippen LogP contribution in [0.5, 0.6) is 0 Å². The molecule has 1 aliphatic rings. The molecule has 0 saturated carbocycles. The molecule has 0 aromatic rings. The van der Waals surface area contributed by atoms with Crippen molar-refractivity contribution in [3.8, 4) is 0 Å². The molecule has 1 N–H and O–H groups in total. The average molecular weight is 185 g/mol. The van der Waals surface area contributed by atoms with Gasteiger partial charge in [-0.25, -0.2) is 0 Å². The molecule has 0 aromatic heterocycles. The molecule has 1 rings (SSSR count). The summed E-state index contributed by atoms with van der Waals surface area (Å²) in [4.78, 5) is 0. The Hall–Kier alpha value is -0.0800. The summed E-state index contributed by atoms with van der Waals surface area (Å²) in [6.45, 7) is 5.22. The van der Waals surface area contributed by atoms with Gasteiger partial charge in [-0.1, -0.05) is 19.8 Å². The lowest BCUT2D eigenvalue weighted by Crippen LogP contribution is -2.29. The Morgan fingerprint density at radius 1 is 1.23 bits per heavy atom. The van der Waals surface area contributed by atoms with Gasteiger partial charge in [0.15, 0.2) is 0 Å². The molecule has 1 saturated heterocycles. The Kier molecular flexibility index (Phi) is 6.21. The maximum Gasteiger partial charge on any atom is 0.0480 e. The molecule has 1 fully saturated rings. The normalized spacial score (nSPS) is 24.2. The lowest BCUT2D eigenvalue weighted by atomic mass is 10.1. The first kappa shape index (κ1) is 11.0. The van der Waals surface area contributed by atoms with E-state index >= 15 is 0 Å². The smallest absolute Gasteiger partial charge is 0.0480 e. The van der Waals surface area contributed by atoms with Gasteiger partial charge < -0.3 is 10.1 Å². The van der Waals surface area contributed by atoms with E-state index in [0.29, 0.717) is 0 Å². The first-order chi connectivity index (χ1) is 6.43. The largest absolute Gasteiger partial charge is 0.381 e. The molecule has 0 amide bonds. The third-order valence-corrected chi connectivity index (χ3v) is 2.62. The van der Waals surface area contributed by atoms with Crippen molar-refractivity contribution in [1.82, 2.24) is 5.32 Å². The van der Waals surface area contributed by atoms with Gasteiger partial charge in [0.25, 0.3) is 0 Å². The van der Waals surface area contributed by atoms with Crippen LogP contribution in [0.2, 0.25) is 0 Å². The third-order valence-electron chi connectivity index (χ3n) is 2.62. The summed E-state index contributed by atoms with van der Waals surface area (Å²) < 4.78 is 5.49. The summed E-state index contributed by atoms with van der Waals surface area (Å²) in [5, 5.41) is 3.58. The van der Waals surface area contributed by atoms with E-state index in [4.69, 9.17) is 4.74 Å². The predicted molar refractivity (Wildman–Crippen MR) is 56.0 cm³/mol. The maximum absolute atomic E-state index is 5.49. The van der Waals surface area contributed by atoms with Gasteiger partial charge in [-0.15, -0.1) is 0 Å². The van der Waals surface area contributed by atoms with Crippen LogP contribution < -0.4 is 5.32 Å². The number of hydrogen-bond acceptors (Lipinski definition) is 2. The monoisotopic (exact) mass is 185 g/mol. The molecule has 78 valence electrons. The van der Waals surface area contributed by atoms with E-state index in [2.05, 4.69) is 12.2 Å². The van der Waals surface area contributed by atoms with Gasteiger partial charge in [-0.05, 0) is 32.2 Å². The standard InChI is InChI=1S/C11H23NO/c1-2-9-13-10-7-11-6-4-3-5-8-12-11/h11-12H,2-10H2,1H3. The molecule has 0 spiro atoms. The van der Waals surface area contributed by atoms with E-state index in [-0.39, 0.29) is 0 Å². The van der Waals surface area contributed by atoms with E-state index < -0.39 is 0 Å². The molecule has 1 heterocycles. The highest BCUT2D eigenvalue weighted by Gasteiger charge is 2.10. The first-order valence-corrected chi connectivity index (χ1v) is 5.74. The van der Waals surface area contributed by atoms with Gasteiger partial charge in [0.1, 0.15) is 0 Å². The van der Waals surface area contributed by atoms with Gasteiger partial charge >= 0.3 is 0 Å². The predicted octanol–water partition coefficient (Wildman–Crippen LogP) is 2.34. The lowest BCUT2D eigenvalue weighted by Gasteiger charge is -2.15. The van der Waals surface area contributed by atoms with Crippen LogP contribution in [0.3, 0.4) is 0 Å². The van der Waals surface area contributed by atoms with Gasteiger partial charge in [-0.3, -0.25) is 0 Å². The molecule has 2 nitrogen and oxygen atoms in total. The molecule has 2 heteroatoms. The van der Waals surface area contributed by atoms with E-state index in [1.54, 1.807) is 0 Å². The molecule has 0 radical (unpaired) electrons. The van der Waals surface area contributed by atoms with Gasteiger partial charge in [0, 0.05) is 19.3 Å². The minimum Gasteiger partial charge on any atom is -0.381 e. The number of hydrogen-bond donors (Lipinski definition) is 1. The zero-order valence-corrected chi connectivity index (χ0v) is 8.85. The van der Waals surface area contributed by atoms with Crippen molar-refractivity contribution in [2.75, 3.05) is 19.8 Å².